The van der Waals surface area contributed by atoms with Crippen molar-refractivity contribution in [2.24, 2.45) is 5.92 Å². The third-order valence-corrected chi connectivity index (χ3v) is 4.17. The summed E-state index contributed by atoms with van der Waals surface area (Å²) in [5.74, 6) is 0.787. The Morgan fingerprint density at radius 3 is 1.85 bits per heavy atom. The highest BCUT2D eigenvalue weighted by atomic mass is 14.1. The number of hydrogen-bond acceptors (Lipinski definition) is 0. The van der Waals surface area contributed by atoms with Crippen LogP contribution in [0.25, 0.3) is 6.08 Å². The maximum Gasteiger partial charge on any atom is -0.0209 e. The molecule has 0 unspecified atom stereocenters. The first-order chi connectivity index (χ1) is 12.2. The van der Waals surface area contributed by atoms with Crippen molar-refractivity contribution in [3.05, 3.63) is 65.3 Å². The zero-order valence-corrected chi connectivity index (χ0v) is 18.9. The van der Waals surface area contributed by atoms with E-state index in [4.69, 9.17) is 0 Å². The molecule has 0 atom stereocenters. The molecule has 0 aliphatic rings. The van der Waals surface area contributed by atoms with Crippen LogP contribution in [0.2, 0.25) is 0 Å². The first kappa shape index (κ1) is 26.7. The summed E-state index contributed by atoms with van der Waals surface area (Å²) in [6.45, 7) is 25.0. The average molecular weight is 357 g/mol. The lowest BCUT2D eigenvalue weighted by molar-refractivity contribution is 0.505. The zero-order chi connectivity index (χ0) is 20.5. The van der Waals surface area contributed by atoms with Crippen molar-refractivity contribution in [3.63, 3.8) is 0 Å². The van der Waals surface area contributed by atoms with E-state index in [2.05, 4.69) is 85.9 Å². The van der Waals surface area contributed by atoms with Crippen LogP contribution in [-0.4, -0.2) is 0 Å². The summed E-state index contributed by atoms with van der Waals surface area (Å²) in [5, 5.41) is 0. The van der Waals surface area contributed by atoms with E-state index in [1.165, 1.54) is 54.4 Å². The molecule has 0 spiro atoms. The molecule has 0 radical (unpaired) electrons. The minimum absolute atomic E-state index is 0.787. The summed E-state index contributed by atoms with van der Waals surface area (Å²) in [5.41, 5.74) is 6.41. The molecule has 0 fully saturated rings. The third-order valence-electron chi connectivity index (χ3n) is 4.17. The summed E-state index contributed by atoms with van der Waals surface area (Å²) in [6.07, 6.45) is 10.6. The summed E-state index contributed by atoms with van der Waals surface area (Å²) in [4.78, 5) is 0. The molecule has 0 saturated carbocycles. The maximum absolute atomic E-state index is 3.99. The molecule has 0 amide bonds. The van der Waals surface area contributed by atoms with Crippen LogP contribution in [0.5, 0.6) is 0 Å². The van der Waals surface area contributed by atoms with Gasteiger partial charge in [-0.15, -0.1) is 0 Å². The maximum atomic E-state index is 3.99. The minimum atomic E-state index is 0.787. The van der Waals surface area contributed by atoms with Crippen molar-refractivity contribution in [1.82, 2.24) is 0 Å². The van der Waals surface area contributed by atoms with Gasteiger partial charge >= 0.3 is 0 Å². The zero-order valence-electron chi connectivity index (χ0n) is 18.9. The normalized spacial score (nSPS) is 10.0. The molecule has 0 heteroatoms. The molecule has 0 saturated heterocycles. The Morgan fingerprint density at radius 1 is 0.962 bits per heavy atom. The molecule has 26 heavy (non-hydrogen) atoms. The highest BCUT2D eigenvalue weighted by molar-refractivity contribution is 5.57. The van der Waals surface area contributed by atoms with E-state index in [0.29, 0.717) is 0 Å². The lowest BCUT2D eigenvalue weighted by Crippen LogP contribution is -1.99. The van der Waals surface area contributed by atoms with Crippen LogP contribution >= 0.6 is 0 Å². The second-order valence-electron chi connectivity index (χ2n) is 7.30. The fourth-order valence-corrected chi connectivity index (χ4v) is 2.52. The predicted octanol–water partition coefficient (Wildman–Crippen LogP) is 9.09. The lowest BCUT2D eigenvalue weighted by atomic mass is 9.92. The Balaban J connectivity index is 0. The van der Waals surface area contributed by atoms with Gasteiger partial charge in [0.1, 0.15) is 0 Å². The molecule has 0 aliphatic heterocycles. The SMILES string of the molecule is C=C(C)/C=C\c1cccc(C)c1C.C=C(C)C(CCC)CCC.CCC. The van der Waals surface area contributed by atoms with Crippen LogP contribution in [0.3, 0.4) is 0 Å². The molecule has 1 aromatic rings. The smallest absolute Gasteiger partial charge is 0.0209 e. The first-order valence-electron chi connectivity index (χ1n) is 10.3. The number of rotatable bonds is 7. The van der Waals surface area contributed by atoms with Crippen molar-refractivity contribution in [3.8, 4) is 0 Å². The Kier molecular flexibility index (Phi) is 17.3. The second-order valence-corrected chi connectivity index (χ2v) is 7.30. The molecule has 0 bridgehead atoms. The largest absolute Gasteiger partial charge is 0.0999 e. The van der Waals surface area contributed by atoms with E-state index >= 15 is 0 Å². The predicted molar refractivity (Wildman–Crippen MR) is 124 cm³/mol. The highest BCUT2D eigenvalue weighted by Crippen LogP contribution is 2.20. The number of aryl methyl sites for hydroxylation is 1. The topological polar surface area (TPSA) is 0 Å². The van der Waals surface area contributed by atoms with Crippen LogP contribution in [0, 0.1) is 19.8 Å². The van der Waals surface area contributed by atoms with Crippen molar-refractivity contribution in [2.75, 3.05) is 0 Å². The first-order valence-corrected chi connectivity index (χ1v) is 10.3. The standard InChI is InChI=1S/C13H16.C10H20.C3H8/c1-10(2)8-9-13-7-5-6-11(3)12(13)4;1-5-7-10(8-6-2)9(3)4;1-3-2/h5-9H,1H2,2-4H3;10H,3,5-8H2,1-2,4H3;3H2,1-2H3/b9-8-;;. The van der Waals surface area contributed by atoms with Crippen molar-refractivity contribution in [1.29, 1.82) is 0 Å². The fraction of sp³-hybridized carbons (Fsp3) is 0.538. The number of benzene rings is 1. The molecular formula is C26H44. The van der Waals surface area contributed by atoms with E-state index in [1.54, 1.807) is 0 Å². The van der Waals surface area contributed by atoms with E-state index in [-0.39, 0.29) is 0 Å². The minimum Gasteiger partial charge on any atom is -0.0999 e. The van der Waals surface area contributed by atoms with E-state index in [1.807, 2.05) is 13.0 Å². The quantitative estimate of drug-likeness (QED) is 0.337. The van der Waals surface area contributed by atoms with Crippen molar-refractivity contribution >= 4 is 6.08 Å². The molecule has 1 rings (SSSR count). The lowest BCUT2D eigenvalue weighted by Gasteiger charge is -2.14. The molecule has 0 heterocycles. The monoisotopic (exact) mass is 356 g/mol. The third kappa shape index (κ3) is 13.7. The second kappa shape index (κ2) is 16.9. The summed E-state index contributed by atoms with van der Waals surface area (Å²) >= 11 is 0. The van der Waals surface area contributed by atoms with Crippen LogP contribution in [0.15, 0.2) is 48.6 Å². The van der Waals surface area contributed by atoms with Gasteiger partial charge in [-0.25, -0.2) is 0 Å². The summed E-state index contributed by atoms with van der Waals surface area (Å²) in [7, 11) is 0. The Bertz CT molecular complexity index is 525. The average Bonchev–Trinajstić information content (AvgIpc) is 2.57. The van der Waals surface area contributed by atoms with Gasteiger partial charge in [0.05, 0.1) is 0 Å². The molecule has 1 aromatic carbocycles. The van der Waals surface area contributed by atoms with Gasteiger partial charge in [-0.2, -0.15) is 0 Å². The van der Waals surface area contributed by atoms with Crippen LogP contribution in [-0.2, 0) is 0 Å². The van der Waals surface area contributed by atoms with Crippen LogP contribution in [0.1, 0.15) is 90.3 Å². The Hall–Kier alpha value is -1.56. The van der Waals surface area contributed by atoms with Gasteiger partial charge < -0.3 is 0 Å². The number of allylic oxidation sites excluding steroid dienone is 3. The summed E-state index contributed by atoms with van der Waals surface area (Å²) in [6, 6.07) is 6.34. The van der Waals surface area contributed by atoms with Gasteiger partial charge in [-0.1, -0.05) is 102 Å². The summed E-state index contributed by atoms with van der Waals surface area (Å²) < 4.78 is 0. The number of hydrogen-bond donors (Lipinski definition) is 0. The van der Waals surface area contributed by atoms with Gasteiger partial charge in [0.2, 0.25) is 0 Å². The van der Waals surface area contributed by atoms with Gasteiger partial charge in [-0.3, -0.25) is 0 Å². The molecule has 0 nitrogen and oxygen atoms in total. The Labute approximate surface area is 165 Å². The molecule has 0 aliphatic carbocycles. The molecule has 0 N–H and O–H groups in total. The molecule has 148 valence electrons. The van der Waals surface area contributed by atoms with Crippen LogP contribution < -0.4 is 0 Å². The van der Waals surface area contributed by atoms with E-state index < -0.39 is 0 Å². The molecule has 0 aromatic heterocycles. The van der Waals surface area contributed by atoms with Gasteiger partial charge in [0, 0.05) is 0 Å². The van der Waals surface area contributed by atoms with Crippen LogP contribution in [0.4, 0.5) is 0 Å². The van der Waals surface area contributed by atoms with Gasteiger partial charge in [0.25, 0.3) is 0 Å². The molecular weight excluding hydrogens is 312 g/mol. The van der Waals surface area contributed by atoms with Crippen molar-refractivity contribution < 1.29 is 0 Å². The van der Waals surface area contributed by atoms with E-state index in [0.717, 1.165) is 11.5 Å². The van der Waals surface area contributed by atoms with Gasteiger partial charge in [-0.05, 0) is 63.1 Å². The Morgan fingerprint density at radius 2 is 1.46 bits per heavy atom. The highest BCUT2D eigenvalue weighted by Gasteiger charge is 2.05. The van der Waals surface area contributed by atoms with Crippen molar-refractivity contribution in [2.45, 2.75) is 87.5 Å². The van der Waals surface area contributed by atoms with Gasteiger partial charge in [0.15, 0.2) is 0 Å². The van der Waals surface area contributed by atoms with E-state index in [9.17, 15) is 0 Å². The fourth-order valence-electron chi connectivity index (χ4n) is 2.52.